The first kappa shape index (κ1) is 24.4. The highest BCUT2D eigenvalue weighted by Crippen LogP contribution is 2.37. The molecule has 1 aliphatic heterocycles. The van der Waals surface area contributed by atoms with Crippen LogP contribution in [0, 0.1) is 6.92 Å². The fourth-order valence-electron chi connectivity index (χ4n) is 4.53. The van der Waals surface area contributed by atoms with E-state index >= 15 is 0 Å². The Hall–Kier alpha value is -3.26. The van der Waals surface area contributed by atoms with Crippen molar-refractivity contribution in [3.8, 4) is 16.9 Å². The van der Waals surface area contributed by atoms with E-state index in [0.717, 1.165) is 71.9 Å². The van der Waals surface area contributed by atoms with Gasteiger partial charge in [-0.1, -0.05) is 59.9 Å². The monoisotopic (exact) mass is 501 g/mol. The van der Waals surface area contributed by atoms with Crippen LogP contribution in [0.1, 0.15) is 22.3 Å². The summed E-state index contributed by atoms with van der Waals surface area (Å²) in [5.74, 6) is 0.693. The highest BCUT2D eigenvalue weighted by molar-refractivity contribution is 7.22. The lowest BCUT2D eigenvalue weighted by Gasteiger charge is -2.27. The van der Waals surface area contributed by atoms with Gasteiger partial charge in [0.2, 0.25) is 0 Å². The number of thiazole rings is 1. The van der Waals surface area contributed by atoms with E-state index in [9.17, 15) is 4.79 Å². The first-order valence-electron chi connectivity index (χ1n) is 12.4. The van der Waals surface area contributed by atoms with Crippen molar-refractivity contribution in [3.63, 3.8) is 0 Å². The number of carbonyl (C=O) groups excluding carboxylic acids is 1. The smallest absolute Gasteiger partial charge is 0.260 e. The zero-order chi connectivity index (χ0) is 24.9. The Morgan fingerprint density at radius 1 is 1.03 bits per heavy atom. The van der Waals surface area contributed by atoms with Crippen LogP contribution in [0.4, 0.5) is 5.13 Å². The zero-order valence-corrected chi connectivity index (χ0v) is 21.6. The number of hydrogen-bond acceptors (Lipinski definition) is 6. The van der Waals surface area contributed by atoms with Gasteiger partial charge in [0.1, 0.15) is 11.3 Å². The number of methoxy groups -OCH3 is 1. The van der Waals surface area contributed by atoms with Crippen molar-refractivity contribution >= 4 is 32.6 Å². The molecule has 1 saturated heterocycles. The van der Waals surface area contributed by atoms with Gasteiger partial charge >= 0.3 is 0 Å². The summed E-state index contributed by atoms with van der Waals surface area (Å²) in [7, 11) is 1.66. The molecule has 186 valence electrons. The molecule has 2 heterocycles. The maximum atomic E-state index is 13.8. The molecule has 4 aromatic rings. The Kier molecular flexibility index (Phi) is 7.60. The normalized spacial score (nSPS) is 14.2. The number of fused-ring (bicyclic) bond motifs is 1. The summed E-state index contributed by atoms with van der Waals surface area (Å²) in [5.41, 5.74) is 4.81. The maximum Gasteiger partial charge on any atom is 0.260 e. The van der Waals surface area contributed by atoms with Crippen molar-refractivity contribution in [3.05, 3.63) is 77.9 Å². The summed E-state index contributed by atoms with van der Waals surface area (Å²) in [5, 5.41) is 0.705. The molecule has 0 bridgehead atoms. The van der Waals surface area contributed by atoms with E-state index < -0.39 is 0 Å². The van der Waals surface area contributed by atoms with Gasteiger partial charge < -0.3 is 9.47 Å². The fraction of sp³-hybridized carbons (Fsp3) is 0.310. The van der Waals surface area contributed by atoms with E-state index in [-0.39, 0.29) is 5.91 Å². The lowest BCUT2D eigenvalue weighted by molar-refractivity contribution is 0.0376. The van der Waals surface area contributed by atoms with Crippen LogP contribution in [-0.4, -0.2) is 62.3 Å². The fourth-order valence-corrected chi connectivity index (χ4v) is 5.61. The van der Waals surface area contributed by atoms with Gasteiger partial charge in [0, 0.05) is 31.7 Å². The van der Waals surface area contributed by atoms with E-state index in [1.54, 1.807) is 18.4 Å². The zero-order valence-electron chi connectivity index (χ0n) is 20.8. The van der Waals surface area contributed by atoms with E-state index in [1.165, 1.54) is 0 Å². The van der Waals surface area contributed by atoms with Crippen molar-refractivity contribution in [1.82, 2.24) is 9.88 Å². The second-order valence-corrected chi connectivity index (χ2v) is 9.94. The number of anilines is 1. The van der Waals surface area contributed by atoms with E-state index in [0.29, 0.717) is 17.2 Å². The first-order chi connectivity index (χ1) is 17.6. The molecule has 0 saturated carbocycles. The molecular formula is C29H31N3O3S. The number of benzene rings is 3. The standard InChI is InChI=1S/C29H31N3O3S/c1-21-9-14-25(34-2)26-27(21)36-29(30-26)32(16-6-15-31-17-19-35-20-18-31)28(33)24-12-10-23(11-13-24)22-7-4-3-5-8-22/h3-5,7-14H,6,15-20H2,1-2H3. The summed E-state index contributed by atoms with van der Waals surface area (Å²) in [6.07, 6.45) is 0.861. The number of nitrogens with zero attached hydrogens (tertiary/aromatic N) is 3. The van der Waals surface area contributed by atoms with E-state index in [2.05, 4.69) is 24.0 Å². The number of ether oxygens (including phenoxy) is 2. The molecule has 3 aromatic carbocycles. The molecule has 0 radical (unpaired) electrons. The van der Waals surface area contributed by atoms with Crippen LogP contribution in [-0.2, 0) is 4.74 Å². The summed E-state index contributed by atoms with van der Waals surface area (Å²) in [6, 6.07) is 22.0. The molecule has 1 aliphatic rings. The SMILES string of the molecule is COc1ccc(C)c2sc(N(CCCN3CCOCC3)C(=O)c3ccc(-c4ccccc4)cc3)nc12. The van der Waals surface area contributed by atoms with Crippen LogP contribution in [0.25, 0.3) is 21.3 Å². The van der Waals surface area contributed by atoms with Crippen LogP contribution in [0.15, 0.2) is 66.7 Å². The highest BCUT2D eigenvalue weighted by Gasteiger charge is 2.23. The molecule has 1 aromatic heterocycles. The minimum Gasteiger partial charge on any atom is -0.494 e. The molecule has 36 heavy (non-hydrogen) atoms. The van der Waals surface area contributed by atoms with Gasteiger partial charge in [0.25, 0.3) is 5.91 Å². The van der Waals surface area contributed by atoms with Crippen molar-refractivity contribution in [2.45, 2.75) is 13.3 Å². The van der Waals surface area contributed by atoms with Crippen LogP contribution >= 0.6 is 11.3 Å². The largest absolute Gasteiger partial charge is 0.494 e. The molecule has 1 amide bonds. The number of rotatable bonds is 8. The quantitative estimate of drug-likeness (QED) is 0.312. The van der Waals surface area contributed by atoms with Crippen LogP contribution < -0.4 is 9.64 Å². The lowest BCUT2D eigenvalue weighted by Crippen LogP contribution is -2.39. The second-order valence-electron chi connectivity index (χ2n) is 8.97. The maximum absolute atomic E-state index is 13.8. The van der Waals surface area contributed by atoms with Crippen LogP contribution in [0.5, 0.6) is 5.75 Å². The number of aromatic nitrogens is 1. The van der Waals surface area contributed by atoms with E-state index in [1.807, 2.05) is 59.5 Å². The van der Waals surface area contributed by atoms with Gasteiger partial charge in [-0.15, -0.1) is 0 Å². The second kappa shape index (κ2) is 11.2. The molecular weight excluding hydrogens is 470 g/mol. The topological polar surface area (TPSA) is 54.9 Å². The molecule has 0 atom stereocenters. The number of aryl methyl sites for hydroxylation is 1. The molecule has 0 spiro atoms. The van der Waals surface area contributed by atoms with Crippen molar-refractivity contribution in [1.29, 1.82) is 0 Å². The summed E-state index contributed by atoms with van der Waals surface area (Å²) >= 11 is 1.55. The van der Waals surface area contributed by atoms with Gasteiger partial charge in [0.05, 0.1) is 25.0 Å². The Morgan fingerprint density at radius 2 is 1.75 bits per heavy atom. The van der Waals surface area contributed by atoms with Gasteiger partial charge in [0.15, 0.2) is 5.13 Å². The van der Waals surface area contributed by atoms with Gasteiger partial charge in [-0.25, -0.2) is 4.98 Å². The van der Waals surface area contributed by atoms with Crippen molar-refractivity contribution < 1.29 is 14.3 Å². The molecule has 0 aliphatic carbocycles. The van der Waals surface area contributed by atoms with Gasteiger partial charge in [-0.05, 0) is 48.2 Å². The minimum absolute atomic E-state index is 0.0349. The average Bonchev–Trinajstić information content (AvgIpc) is 3.38. The Labute approximate surface area is 216 Å². The summed E-state index contributed by atoms with van der Waals surface area (Å²) < 4.78 is 12.1. The molecule has 6 nitrogen and oxygen atoms in total. The Morgan fingerprint density at radius 3 is 2.47 bits per heavy atom. The van der Waals surface area contributed by atoms with Crippen molar-refractivity contribution in [2.24, 2.45) is 0 Å². The van der Waals surface area contributed by atoms with Crippen LogP contribution in [0.2, 0.25) is 0 Å². The number of amides is 1. The number of carbonyl (C=O) groups is 1. The molecule has 1 fully saturated rings. The molecule has 0 unspecified atom stereocenters. The summed E-state index contributed by atoms with van der Waals surface area (Å²) in [6.45, 7) is 7.00. The predicted molar refractivity (Wildman–Crippen MR) is 146 cm³/mol. The van der Waals surface area contributed by atoms with Gasteiger partial charge in [-0.3, -0.25) is 14.6 Å². The summed E-state index contributed by atoms with van der Waals surface area (Å²) in [4.78, 5) is 22.9. The molecule has 7 heteroatoms. The van der Waals surface area contributed by atoms with Gasteiger partial charge in [-0.2, -0.15) is 0 Å². The third kappa shape index (κ3) is 5.28. The minimum atomic E-state index is -0.0349. The molecule has 5 rings (SSSR count). The van der Waals surface area contributed by atoms with E-state index in [4.69, 9.17) is 14.5 Å². The molecule has 0 N–H and O–H groups in total. The van der Waals surface area contributed by atoms with Crippen LogP contribution in [0.3, 0.4) is 0 Å². The Bertz CT molecular complexity index is 1320. The third-order valence-electron chi connectivity index (χ3n) is 6.59. The Balaban J connectivity index is 1.43. The number of hydrogen-bond donors (Lipinski definition) is 0. The number of morpholine rings is 1. The predicted octanol–water partition coefficient (Wildman–Crippen LogP) is 5.65. The highest BCUT2D eigenvalue weighted by atomic mass is 32.1. The third-order valence-corrected chi connectivity index (χ3v) is 7.80. The van der Waals surface area contributed by atoms with Crippen molar-refractivity contribution in [2.75, 3.05) is 51.4 Å². The average molecular weight is 502 g/mol. The first-order valence-corrected chi connectivity index (χ1v) is 13.2. The lowest BCUT2D eigenvalue weighted by atomic mass is 10.0.